The van der Waals surface area contributed by atoms with Gasteiger partial charge >= 0.3 is 0 Å². The van der Waals surface area contributed by atoms with E-state index in [9.17, 15) is 0 Å². The summed E-state index contributed by atoms with van der Waals surface area (Å²) >= 11 is 3.32. The van der Waals surface area contributed by atoms with E-state index in [2.05, 4.69) is 41.1 Å². The highest BCUT2D eigenvalue weighted by atomic mass is 79.9. The molecule has 2 N–H and O–H groups in total. The summed E-state index contributed by atoms with van der Waals surface area (Å²) in [7, 11) is 0. The van der Waals surface area contributed by atoms with Gasteiger partial charge in [-0.3, -0.25) is 4.98 Å². The molecule has 0 amide bonds. The summed E-state index contributed by atoms with van der Waals surface area (Å²) in [6, 6.07) is 1.76. The number of halogens is 1. The molecule has 94 valence electrons. The number of nitrogens with two attached hydrogens (primary N) is 1. The lowest BCUT2D eigenvalue weighted by Gasteiger charge is -1.99. The van der Waals surface area contributed by atoms with Crippen LogP contribution in [-0.2, 0) is 0 Å². The molecule has 0 saturated carbocycles. The molecule has 0 aromatic carbocycles. The highest BCUT2D eigenvalue weighted by molar-refractivity contribution is 9.10. The molecule has 3 aromatic heterocycles. The van der Waals surface area contributed by atoms with E-state index in [0.29, 0.717) is 17.1 Å². The normalized spacial score (nSPS) is 10.6. The van der Waals surface area contributed by atoms with E-state index in [1.54, 1.807) is 30.9 Å². The van der Waals surface area contributed by atoms with Crippen LogP contribution in [-0.4, -0.2) is 25.1 Å². The molecular weight excluding hydrogens is 312 g/mol. The first-order chi connectivity index (χ1) is 9.24. The van der Waals surface area contributed by atoms with E-state index in [-0.39, 0.29) is 11.8 Å². The molecule has 0 radical (unpaired) electrons. The molecule has 0 unspecified atom stereocenters. The van der Waals surface area contributed by atoms with Crippen LogP contribution in [0.5, 0.6) is 0 Å². The van der Waals surface area contributed by atoms with Crippen molar-refractivity contribution < 1.29 is 4.42 Å². The molecular formula is C11H7BrN6O. The van der Waals surface area contributed by atoms with Gasteiger partial charge in [0.15, 0.2) is 0 Å². The molecule has 3 rings (SSSR count). The molecule has 3 heterocycles. The van der Waals surface area contributed by atoms with E-state index >= 15 is 0 Å². The summed E-state index contributed by atoms with van der Waals surface area (Å²) in [6.07, 6.45) is 6.25. The first-order valence-electron chi connectivity index (χ1n) is 5.25. The smallest absolute Gasteiger partial charge is 0.268 e. The van der Waals surface area contributed by atoms with Crippen molar-refractivity contribution in [1.82, 2.24) is 25.1 Å². The van der Waals surface area contributed by atoms with Gasteiger partial charge in [0.1, 0.15) is 11.5 Å². The topological polar surface area (TPSA) is 104 Å². The third-order valence-corrected chi connectivity index (χ3v) is 2.76. The van der Waals surface area contributed by atoms with Crippen LogP contribution in [0.4, 0.5) is 5.82 Å². The SMILES string of the molecule is Nc1ncc(Br)cc1-c1nnc(-c2cnccn2)o1. The van der Waals surface area contributed by atoms with Crippen molar-refractivity contribution in [2.75, 3.05) is 5.73 Å². The Bertz CT molecular complexity index is 714. The van der Waals surface area contributed by atoms with Gasteiger partial charge in [-0.05, 0) is 22.0 Å². The summed E-state index contributed by atoms with van der Waals surface area (Å²) in [5.74, 6) is 0.881. The highest BCUT2D eigenvalue weighted by Gasteiger charge is 2.14. The predicted octanol–water partition coefficient (Wildman–Crippen LogP) is 1.93. The number of pyridine rings is 1. The third kappa shape index (κ3) is 2.29. The molecule has 0 atom stereocenters. The zero-order chi connectivity index (χ0) is 13.2. The minimum Gasteiger partial charge on any atom is -0.414 e. The molecule has 0 saturated heterocycles. The third-order valence-electron chi connectivity index (χ3n) is 2.32. The van der Waals surface area contributed by atoms with Crippen molar-refractivity contribution in [2.24, 2.45) is 0 Å². The fraction of sp³-hybridized carbons (Fsp3) is 0. The van der Waals surface area contributed by atoms with Gasteiger partial charge in [0.05, 0.1) is 11.8 Å². The summed E-state index contributed by atoms with van der Waals surface area (Å²) < 4.78 is 6.30. The summed E-state index contributed by atoms with van der Waals surface area (Å²) in [5, 5.41) is 7.86. The van der Waals surface area contributed by atoms with Gasteiger partial charge in [0, 0.05) is 23.1 Å². The molecule has 0 aliphatic heterocycles. The summed E-state index contributed by atoms with van der Waals surface area (Å²) in [4.78, 5) is 12.0. The molecule has 8 heteroatoms. The van der Waals surface area contributed by atoms with Gasteiger partial charge in [-0.1, -0.05) is 0 Å². The Morgan fingerprint density at radius 2 is 1.89 bits per heavy atom. The van der Waals surface area contributed by atoms with Crippen molar-refractivity contribution in [2.45, 2.75) is 0 Å². The maximum absolute atomic E-state index is 5.78. The zero-order valence-corrected chi connectivity index (χ0v) is 11.1. The van der Waals surface area contributed by atoms with E-state index in [1.807, 2.05) is 0 Å². The van der Waals surface area contributed by atoms with Crippen molar-refractivity contribution in [1.29, 1.82) is 0 Å². The van der Waals surface area contributed by atoms with Gasteiger partial charge in [0.25, 0.3) is 11.8 Å². The Labute approximate surface area is 116 Å². The summed E-state index contributed by atoms with van der Waals surface area (Å²) in [5.41, 5.74) is 6.85. The highest BCUT2D eigenvalue weighted by Crippen LogP contribution is 2.27. The second kappa shape index (κ2) is 4.73. The van der Waals surface area contributed by atoms with Crippen LogP contribution >= 0.6 is 15.9 Å². The second-order valence-electron chi connectivity index (χ2n) is 3.59. The molecule has 19 heavy (non-hydrogen) atoms. The number of nitrogens with zero attached hydrogens (tertiary/aromatic N) is 5. The van der Waals surface area contributed by atoms with Crippen LogP contribution in [0.2, 0.25) is 0 Å². The Morgan fingerprint density at radius 3 is 2.68 bits per heavy atom. The first-order valence-corrected chi connectivity index (χ1v) is 6.04. The maximum Gasteiger partial charge on any atom is 0.268 e. The molecule has 0 aliphatic carbocycles. The number of rotatable bonds is 2. The lowest BCUT2D eigenvalue weighted by molar-refractivity contribution is 0.581. The molecule has 0 spiro atoms. The maximum atomic E-state index is 5.78. The molecule has 0 fully saturated rings. The number of hydrogen-bond acceptors (Lipinski definition) is 7. The van der Waals surface area contributed by atoms with E-state index in [0.717, 1.165) is 4.47 Å². The fourth-order valence-corrected chi connectivity index (χ4v) is 1.80. The lowest BCUT2D eigenvalue weighted by Crippen LogP contribution is -1.93. The standard InChI is InChI=1S/C11H7BrN6O/c12-6-3-7(9(13)16-4-6)10-17-18-11(19-10)8-5-14-1-2-15-8/h1-5H,(H2,13,16). The zero-order valence-electron chi connectivity index (χ0n) is 9.49. The van der Waals surface area contributed by atoms with Gasteiger partial charge in [-0.2, -0.15) is 0 Å². The van der Waals surface area contributed by atoms with Gasteiger partial charge in [0.2, 0.25) is 0 Å². The Morgan fingerprint density at radius 1 is 1.05 bits per heavy atom. The minimum atomic E-state index is 0.280. The molecule has 0 bridgehead atoms. The molecule has 7 nitrogen and oxygen atoms in total. The number of hydrogen-bond donors (Lipinski definition) is 1. The molecule has 3 aromatic rings. The predicted molar refractivity (Wildman–Crippen MR) is 70.7 cm³/mol. The Kier molecular flexibility index (Phi) is 2.92. The number of anilines is 1. The average Bonchev–Trinajstić information content (AvgIpc) is 2.92. The first kappa shape index (κ1) is 11.7. The van der Waals surface area contributed by atoms with Crippen LogP contribution in [0.3, 0.4) is 0 Å². The minimum absolute atomic E-state index is 0.280. The second-order valence-corrected chi connectivity index (χ2v) is 4.51. The van der Waals surface area contributed by atoms with Crippen molar-refractivity contribution in [3.63, 3.8) is 0 Å². The quantitative estimate of drug-likeness (QED) is 0.769. The summed E-state index contributed by atoms with van der Waals surface area (Å²) in [6.45, 7) is 0. The van der Waals surface area contributed by atoms with Crippen molar-refractivity contribution in [3.05, 3.63) is 35.3 Å². The van der Waals surface area contributed by atoms with Crippen LogP contribution in [0.15, 0.2) is 39.7 Å². The number of nitrogen functional groups attached to an aromatic ring is 1. The van der Waals surface area contributed by atoms with Crippen molar-refractivity contribution in [3.8, 4) is 23.0 Å². The van der Waals surface area contributed by atoms with Gasteiger partial charge < -0.3 is 10.2 Å². The molecule has 0 aliphatic rings. The van der Waals surface area contributed by atoms with E-state index in [1.165, 1.54) is 0 Å². The van der Waals surface area contributed by atoms with Gasteiger partial charge in [-0.15, -0.1) is 10.2 Å². The van der Waals surface area contributed by atoms with Crippen LogP contribution in [0, 0.1) is 0 Å². The largest absolute Gasteiger partial charge is 0.414 e. The Hall–Kier alpha value is -2.35. The number of aromatic nitrogens is 5. The lowest BCUT2D eigenvalue weighted by atomic mass is 10.2. The van der Waals surface area contributed by atoms with Gasteiger partial charge in [-0.25, -0.2) is 9.97 Å². The van der Waals surface area contributed by atoms with E-state index < -0.39 is 0 Å². The average molecular weight is 319 g/mol. The van der Waals surface area contributed by atoms with Crippen molar-refractivity contribution >= 4 is 21.7 Å². The monoisotopic (exact) mass is 318 g/mol. The van der Waals surface area contributed by atoms with Crippen LogP contribution in [0.1, 0.15) is 0 Å². The van der Waals surface area contributed by atoms with Crippen LogP contribution in [0.25, 0.3) is 23.0 Å². The Balaban J connectivity index is 2.04. The fourth-order valence-electron chi connectivity index (χ4n) is 1.47. The van der Waals surface area contributed by atoms with E-state index in [4.69, 9.17) is 10.2 Å². The van der Waals surface area contributed by atoms with Crippen LogP contribution < -0.4 is 5.73 Å².